The quantitative estimate of drug-likeness (QED) is 0.789. The minimum Gasteiger partial charge on any atom is -0.304 e. The summed E-state index contributed by atoms with van der Waals surface area (Å²) in [6.45, 7) is 5.13. The number of fused-ring (bicyclic) bond motifs is 1. The monoisotopic (exact) mass is 277 g/mol. The number of thiazole rings is 1. The summed E-state index contributed by atoms with van der Waals surface area (Å²) in [6.07, 6.45) is 2.09. The predicted octanol–water partition coefficient (Wildman–Crippen LogP) is 3.62. The highest BCUT2D eigenvalue weighted by molar-refractivity contribution is 7.15. The topological polar surface area (TPSA) is 29.3 Å². The molecule has 1 N–H and O–H groups in total. The molecule has 0 spiro atoms. The van der Waals surface area contributed by atoms with E-state index in [1.807, 2.05) is 0 Å². The Hall–Kier alpha value is -1.17. The van der Waals surface area contributed by atoms with Gasteiger partial charge in [0.2, 0.25) is 0 Å². The lowest BCUT2D eigenvalue weighted by molar-refractivity contribution is 0.572. The zero-order valence-electron chi connectivity index (χ0n) is 10.4. The summed E-state index contributed by atoms with van der Waals surface area (Å²) in [5.74, 6) is 0. The molecule has 0 fully saturated rings. The van der Waals surface area contributed by atoms with Crippen molar-refractivity contribution >= 4 is 27.6 Å². The molecular formula is C13H15N3S2. The van der Waals surface area contributed by atoms with Crippen LogP contribution in [-0.4, -0.2) is 9.38 Å². The van der Waals surface area contributed by atoms with Crippen LogP contribution in [0.25, 0.3) is 4.96 Å². The maximum atomic E-state index is 4.56. The van der Waals surface area contributed by atoms with Crippen LogP contribution in [0, 0.1) is 6.92 Å². The summed E-state index contributed by atoms with van der Waals surface area (Å²) < 4.78 is 2.17. The van der Waals surface area contributed by atoms with E-state index in [1.54, 1.807) is 22.7 Å². The fourth-order valence-corrected chi connectivity index (χ4v) is 3.58. The van der Waals surface area contributed by atoms with Gasteiger partial charge in [0.05, 0.1) is 11.4 Å². The number of imidazole rings is 1. The maximum Gasteiger partial charge on any atom is 0.194 e. The summed E-state index contributed by atoms with van der Waals surface area (Å²) in [7, 11) is 0. The Bertz CT molecular complexity index is 636. The second-order valence-corrected chi connectivity index (χ2v) is 6.17. The molecule has 0 unspecified atom stereocenters. The van der Waals surface area contributed by atoms with Gasteiger partial charge >= 0.3 is 0 Å². The molecule has 0 amide bonds. The zero-order valence-corrected chi connectivity index (χ0v) is 12.0. The minimum atomic E-state index is 0.383. The number of rotatable bonds is 4. The van der Waals surface area contributed by atoms with Gasteiger partial charge in [0.15, 0.2) is 4.96 Å². The Morgan fingerprint density at radius 1 is 1.39 bits per heavy atom. The molecule has 3 rings (SSSR count). The van der Waals surface area contributed by atoms with Crippen molar-refractivity contribution in [2.24, 2.45) is 0 Å². The largest absolute Gasteiger partial charge is 0.304 e. The maximum absolute atomic E-state index is 4.56. The Balaban J connectivity index is 1.76. The van der Waals surface area contributed by atoms with Crippen LogP contribution >= 0.6 is 22.7 Å². The van der Waals surface area contributed by atoms with Gasteiger partial charge in [0.25, 0.3) is 0 Å². The third kappa shape index (κ3) is 2.09. The van der Waals surface area contributed by atoms with Crippen molar-refractivity contribution in [3.8, 4) is 0 Å². The highest BCUT2D eigenvalue weighted by atomic mass is 32.1. The van der Waals surface area contributed by atoms with Crippen molar-refractivity contribution in [2.75, 3.05) is 0 Å². The van der Waals surface area contributed by atoms with E-state index < -0.39 is 0 Å². The first kappa shape index (κ1) is 11.9. The van der Waals surface area contributed by atoms with Crippen LogP contribution in [0.2, 0.25) is 0 Å². The molecule has 3 nitrogen and oxygen atoms in total. The van der Waals surface area contributed by atoms with Gasteiger partial charge in [-0.1, -0.05) is 6.07 Å². The van der Waals surface area contributed by atoms with E-state index in [0.29, 0.717) is 6.04 Å². The molecular weight excluding hydrogens is 262 g/mol. The molecule has 0 aliphatic heterocycles. The van der Waals surface area contributed by atoms with Crippen molar-refractivity contribution < 1.29 is 0 Å². The van der Waals surface area contributed by atoms with Gasteiger partial charge in [-0.3, -0.25) is 4.40 Å². The smallest absolute Gasteiger partial charge is 0.194 e. The molecule has 0 aliphatic carbocycles. The van der Waals surface area contributed by atoms with E-state index in [1.165, 1.54) is 10.6 Å². The molecule has 0 bridgehead atoms. The van der Waals surface area contributed by atoms with Gasteiger partial charge in [-0.15, -0.1) is 22.7 Å². The van der Waals surface area contributed by atoms with E-state index >= 15 is 0 Å². The van der Waals surface area contributed by atoms with Gasteiger partial charge in [-0.05, 0) is 25.3 Å². The second kappa shape index (κ2) is 4.84. The first-order chi connectivity index (χ1) is 8.75. The summed E-state index contributed by atoms with van der Waals surface area (Å²) in [5, 5.41) is 7.76. The number of hydrogen-bond donors (Lipinski definition) is 1. The van der Waals surface area contributed by atoms with Crippen LogP contribution in [0.1, 0.15) is 29.2 Å². The SMILES string of the molecule is Cc1nc2sccn2c1CN[C@H](C)c1cccs1. The van der Waals surface area contributed by atoms with Crippen molar-refractivity contribution in [3.63, 3.8) is 0 Å². The number of aryl methyl sites for hydroxylation is 1. The zero-order chi connectivity index (χ0) is 12.5. The molecule has 94 valence electrons. The molecule has 0 saturated carbocycles. The normalized spacial score (nSPS) is 13.2. The lowest BCUT2D eigenvalue weighted by atomic mass is 10.2. The van der Waals surface area contributed by atoms with E-state index in [-0.39, 0.29) is 0 Å². The number of hydrogen-bond acceptors (Lipinski definition) is 4. The van der Waals surface area contributed by atoms with E-state index in [0.717, 1.165) is 17.2 Å². The number of aromatic nitrogens is 2. The van der Waals surface area contributed by atoms with Crippen LogP contribution in [0.5, 0.6) is 0 Å². The molecule has 3 heterocycles. The standard InChI is InChI=1S/C13H15N3S2/c1-9-11(16-5-7-18-13(16)15-9)8-14-10(2)12-4-3-6-17-12/h3-7,10,14H,8H2,1-2H3/t10-/m1/s1. The fraction of sp³-hybridized carbons (Fsp3) is 0.308. The average Bonchev–Trinajstić information content (AvgIpc) is 3.02. The van der Waals surface area contributed by atoms with Gasteiger partial charge in [-0.25, -0.2) is 4.98 Å². The number of nitrogens with zero attached hydrogens (tertiary/aromatic N) is 2. The Morgan fingerprint density at radius 2 is 2.28 bits per heavy atom. The highest BCUT2D eigenvalue weighted by Gasteiger charge is 2.11. The third-order valence-corrected chi connectivity index (χ3v) is 4.92. The van der Waals surface area contributed by atoms with Crippen LogP contribution in [0.4, 0.5) is 0 Å². The number of nitrogens with one attached hydrogen (secondary N) is 1. The van der Waals surface area contributed by atoms with Crippen LogP contribution in [-0.2, 0) is 6.54 Å². The molecule has 3 aromatic heterocycles. The predicted molar refractivity (Wildman–Crippen MR) is 77.4 cm³/mol. The molecule has 0 radical (unpaired) electrons. The van der Waals surface area contributed by atoms with E-state index in [4.69, 9.17) is 0 Å². The first-order valence-electron chi connectivity index (χ1n) is 5.93. The van der Waals surface area contributed by atoms with Crippen LogP contribution in [0.15, 0.2) is 29.1 Å². The van der Waals surface area contributed by atoms with Crippen molar-refractivity contribution in [1.82, 2.24) is 14.7 Å². The minimum absolute atomic E-state index is 0.383. The summed E-state index contributed by atoms with van der Waals surface area (Å²) in [5.41, 5.74) is 2.38. The lowest BCUT2D eigenvalue weighted by Gasteiger charge is -2.12. The second-order valence-electron chi connectivity index (χ2n) is 4.32. The molecule has 0 aliphatic rings. The fourth-order valence-electron chi connectivity index (χ4n) is 2.04. The van der Waals surface area contributed by atoms with Gasteiger partial charge < -0.3 is 5.32 Å². The molecule has 3 aromatic rings. The van der Waals surface area contributed by atoms with E-state index in [9.17, 15) is 0 Å². The highest BCUT2D eigenvalue weighted by Crippen LogP contribution is 2.20. The van der Waals surface area contributed by atoms with Gasteiger partial charge in [0.1, 0.15) is 0 Å². The Morgan fingerprint density at radius 3 is 3.06 bits per heavy atom. The average molecular weight is 277 g/mol. The summed E-state index contributed by atoms with van der Waals surface area (Å²) >= 11 is 3.48. The number of thiophene rings is 1. The molecule has 1 atom stereocenters. The molecule has 5 heteroatoms. The van der Waals surface area contributed by atoms with Crippen LogP contribution < -0.4 is 5.32 Å². The van der Waals surface area contributed by atoms with E-state index in [2.05, 4.69) is 57.6 Å². The van der Waals surface area contributed by atoms with Gasteiger partial charge in [-0.2, -0.15) is 0 Å². The van der Waals surface area contributed by atoms with Crippen LogP contribution in [0.3, 0.4) is 0 Å². The Labute approximate surface area is 114 Å². The van der Waals surface area contributed by atoms with Crippen molar-refractivity contribution in [1.29, 1.82) is 0 Å². The van der Waals surface area contributed by atoms with Gasteiger partial charge in [0, 0.05) is 29.0 Å². The molecule has 0 saturated heterocycles. The Kier molecular flexibility index (Phi) is 3.20. The third-order valence-electron chi connectivity index (χ3n) is 3.11. The van der Waals surface area contributed by atoms with Crippen molar-refractivity contribution in [2.45, 2.75) is 26.4 Å². The molecule has 18 heavy (non-hydrogen) atoms. The summed E-state index contributed by atoms with van der Waals surface area (Å²) in [4.78, 5) is 7.01. The summed E-state index contributed by atoms with van der Waals surface area (Å²) in [6, 6.07) is 4.65. The van der Waals surface area contributed by atoms with Crippen molar-refractivity contribution in [3.05, 3.63) is 45.4 Å². The lowest BCUT2D eigenvalue weighted by Crippen LogP contribution is -2.18. The first-order valence-corrected chi connectivity index (χ1v) is 7.69. The molecule has 0 aromatic carbocycles.